The molecule has 2 N–H and O–H groups in total. The molecule has 0 radical (unpaired) electrons. The molecule has 1 fully saturated rings. The lowest BCUT2D eigenvalue weighted by molar-refractivity contribution is 0.148. The van der Waals surface area contributed by atoms with E-state index in [1.807, 2.05) is 11.4 Å². The van der Waals surface area contributed by atoms with E-state index in [0.717, 1.165) is 10.4 Å². The van der Waals surface area contributed by atoms with Crippen LogP contribution in [0.4, 0.5) is 0 Å². The van der Waals surface area contributed by atoms with Crippen molar-refractivity contribution in [3.05, 3.63) is 21.9 Å². The molecule has 0 spiro atoms. The highest BCUT2D eigenvalue weighted by atomic mass is 32.2. The predicted molar refractivity (Wildman–Crippen MR) is 90.5 cm³/mol. The van der Waals surface area contributed by atoms with Gasteiger partial charge in [-0.05, 0) is 6.07 Å². The standard InChI is InChI=1S/C15H22N2O4S2/c1-16(2)23(20,21)11-13-7-17(9-15(13)19)8-14-6-12(10-22-14)4-3-5-18/h6,10,13,15,18-19H,5,7-9,11H2,1-2H3/t13-,15-/m0/s1. The van der Waals surface area contributed by atoms with Gasteiger partial charge in [-0.15, -0.1) is 11.3 Å². The van der Waals surface area contributed by atoms with Crippen LogP contribution in [0.3, 0.4) is 0 Å². The van der Waals surface area contributed by atoms with Crippen LogP contribution in [0.1, 0.15) is 10.4 Å². The van der Waals surface area contributed by atoms with Crippen molar-refractivity contribution in [3.8, 4) is 11.8 Å². The van der Waals surface area contributed by atoms with E-state index in [2.05, 4.69) is 16.7 Å². The maximum atomic E-state index is 12.0. The molecule has 0 bridgehead atoms. The third-order valence-corrected chi connectivity index (χ3v) is 6.69. The number of hydrogen-bond donors (Lipinski definition) is 2. The maximum absolute atomic E-state index is 12.0. The third kappa shape index (κ3) is 5.01. The number of rotatable bonds is 5. The summed E-state index contributed by atoms with van der Waals surface area (Å²) in [6.07, 6.45) is -0.627. The molecule has 0 unspecified atom stereocenters. The van der Waals surface area contributed by atoms with E-state index < -0.39 is 16.1 Å². The molecule has 0 aromatic carbocycles. The van der Waals surface area contributed by atoms with Crippen molar-refractivity contribution in [2.75, 3.05) is 39.5 Å². The summed E-state index contributed by atoms with van der Waals surface area (Å²) in [4.78, 5) is 3.17. The molecule has 1 aliphatic heterocycles. The monoisotopic (exact) mass is 358 g/mol. The molecule has 2 atom stereocenters. The van der Waals surface area contributed by atoms with Crippen LogP contribution < -0.4 is 0 Å². The van der Waals surface area contributed by atoms with Crippen molar-refractivity contribution in [3.63, 3.8) is 0 Å². The number of aliphatic hydroxyl groups is 2. The van der Waals surface area contributed by atoms with Gasteiger partial charge in [-0.25, -0.2) is 12.7 Å². The smallest absolute Gasteiger partial charge is 0.214 e. The molecule has 128 valence electrons. The first-order valence-corrected chi connectivity index (χ1v) is 9.78. The van der Waals surface area contributed by atoms with E-state index in [-0.39, 0.29) is 18.3 Å². The van der Waals surface area contributed by atoms with Crippen molar-refractivity contribution >= 4 is 21.4 Å². The van der Waals surface area contributed by atoms with E-state index >= 15 is 0 Å². The Labute approximate surface area is 141 Å². The first-order valence-electron chi connectivity index (χ1n) is 7.29. The molecule has 2 rings (SSSR count). The van der Waals surface area contributed by atoms with E-state index in [0.29, 0.717) is 19.6 Å². The third-order valence-electron chi connectivity index (χ3n) is 3.81. The topological polar surface area (TPSA) is 81.1 Å². The summed E-state index contributed by atoms with van der Waals surface area (Å²) in [6, 6.07) is 1.96. The summed E-state index contributed by atoms with van der Waals surface area (Å²) in [5.41, 5.74) is 0.866. The minimum Gasteiger partial charge on any atom is -0.391 e. The van der Waals surface area contributed by atoms with Gasteiger partial charge >= 0.3 is 0 Å². The first kappa shape index (κ1) is 18.4. The lowest BCUT2D eigenvalue weighted by Crippen LogP contribution is -2.33. The quantitative estimate of drug-likeness (QED) is 0.711. The Kier molecular flexibility index (Phi) is 6.19. The molecule has 6 nitrogen and oxygen atoms in total. The highest BCUT2D eigenvalue weighted by Gasteiger charge is 2.35. The molecule has 1 aromatic rings. The predicted octanol–water partition coefficient (Wildman–Crippen LogP) is -0.224. The Hall–Kier alpha value is -0.950. The van der Waals surface area contributed by atoms with Crippen LogP contribution >= 0.6 is 11.3 Å². The van der Waals surface area contributed by atoms with Gasteiger partial charge in [0.2, 0.25) is 10.0 Å². The zero-order valence-electron chi connectivity index (χ0n) is 13.3. The van der Waals surface area contributed by atoms with E-state index in [1.165, 1.54) is 18.4 Å². The molecular formula is C15H22N2O4S2. The summed E-state index contributed by atoms with van der Waals surface area (Å²) in [5, 5.41) is 20.8. The molecule has 2 heterocycles. The number of β-amino-alcohol motifs (C(OH)–C–C–N with tert-alkyl or cyclic N) is 1. The Morgan fingerprint density at radius 2 is 2.17 bits per heavy atom. The number of likely N-dealkylation sites (tertiary alicyclic amines) is 1. The summed E-state index contributed by atoms with van der Waals surface area (Å²) in [6.45, 7) is 1.54. The summed E-state index contributed by atoms with van der Waals surface area (Å²) in [5.74, 6) is 5.17. The molecule has 0 amide bonds. The normalized spacial score (nSPS) is 22.3. The van der Waals surface area contributed by atoms with Gasteiger partial charge < -0.3 is 10.2 Å². The lowest BCUT2D eigenvalue weighted by atomic mass is 10.1. The van der Waals surface area contributed by atoms with Gasteiger partial charge in [0.05, 0.1) is 11.9 Å². The second-order valence-corrected chi connectivity index (χ2v) is 9.07. The van der Waals surface area contributed by atoms with E-state index in [4.69, 9.17) is 5.11 Å². The van der Waals surface area contributed by atoms with Crippen molar-refractivity contribution in [2.24, 2.45) is 5.92 Å². The minimum absolute atomic E-state index is 0.0324. The largest absolute Gasteiger partial charge is 0.391 e. The van der Waals surface area contributed by atoms with Crippen molar-refractivity contribution in [2.45, 2.75) is 12.6 Å². The fourth-order valence-corrected chi connectivity index (χ4v) is 4.57. The minimum atomic E-state index is -3.31. The fourth-order valence-electron chi connectivity index (χ4n) is 2.55. The number of nitrogens with zero attached hydrogens (tertiary/aromatic N) is 2. The van der Waals surface area contributed by atoms with Gasteiger partial charge in [0.25, 0.3) is 0 Å². The Balaban J connectivity index is 1.95. The lowest BCUT2D eigenvalue weighted by Gasteiger charge is -2.17. The Morgan fingerprint density at radius 1 is 1.43 bits per heavy atom. The zero-order valence-corrected chi connectivity index (χ0v) is 14.9. The second-order valence-electron chi connectivity index (χ2n) is 5.84. The van der Waals surface area contributed by atoms with Crippen molar-refractivity contribution in [1.29, 1.82) is 0 Å². The van der Waals surface area contributed by atoms with Crippen LogP contribution in [0.5, 0.6) is 0 Å². The molecule has 0 aliphatic carbocycles. The van der Waals surface area contributed by atoms with E-state index in [9.17, 15) is 13.5 Å². The highest BCUT2D eigenvalue weighted by Crippen LogP contribution is 2.24. The zero-order chi connectivity index (χ0) is 17.0. The molecule has 0 saturated carbocycles. The average molecular weight is 358 g/mol. The first-order chi connectivity index (χ1) is 10.8. The molecule has 23 heavy (non-hydrogen) atoms. The SMILES string of the molecule is CN(C)S(=O)(=O)C[C@@H]1CN(Cc2cc(C#CCO)cs2)C[C@@H]1O. The molecular weight excluding hydrogens is 336 g/mol. The van der Waals surface area contributed by atoms with Gasteiger partial charge in [-0.2, -0.15) is 0 Å². The number of aliphatic hydroxyl groups excluding tert-OH is 2. The van der Waals surface area contributed by atoms with Gasteiger partial charge in [0.1, 0.15) is 6.61 Å². The van der Waals surface area contributed by atoms with E-state index in [1.54, 1.807) is 11.3 Å². The van der Waals surface area contributed by atoms with Gasteiger partial charge in [0.15, 0.2) is 0 Å². The van der Waals surface area contributed by atoms with Crippen molar-refractivity contribution in [1.82, 2.24) is 9.21 Å². The highest BCUT2D eigenvalue weighted by molar-refractivity contribution is 7.89. The molecule has 1 aliphatic rings. The summed E-state index contributed by atoms with van der Waals surface area (Å²) >= 11 is 1.57. The summed E-state index contributed by atoms with van der Waals surface area (Å²) in [7, 11) is -0.292. The number of sulfonamides is 1. The van der Waals surface area contributed by atoms with Crippen LogP contribution in [0.2, 0.25) is 0 Å². The molecule has 8 heteroatoms. The second kappa shape index (κ2) is 7.75. The van der Waals surface area contributed by atoms with Gasteiger partial charge in [-0.1, -0.05) is 11.8 Å². The molecule has 1 saturated heterocycles. The van der Waals surface area contributed by atoms with Crippen LogP contribution in [-0.2, 0) is 16.6 Å². The van der Waals surface area contributed by atoms with Crippen LogP contribution in [0, 0.1) is 17.8 Å². The van der Waals surface area contributed by atoms with Gasteiger partial charge in [-0.3, -0.25) is 4.90 Å². The Bertz CT molecular complexity index is 688. The van der Waals surface area contributed by atoms with Crippen LogP contribution in [0.15, 0.2) is 11.4 Å². The fraction of sp³-hybridized carbons (Fsp3) is 0.600. The number of hydrogen-bond acceptors (Lipinski definition) is 6. The molecule has 1 aromatic heterocycles. The number of thiophene rings is 1. The summed E-state index contributed by atoms with van der Waals surface area (Å²) < 4.78 is 25.1. The van der Waals surface area contributed by atoms with Crippen LogP contribution in [-0.4, -0.2) is 73.5 Å². The van der Waals surface area contributed by atoms with Crippen LogP contribution in [0.25, 0.3) is 0 Å². The Morgan fingerprint density at radius 3 is 2.83 bits per heavy atom. The van der Waals surface area contributed by atoms with Crippen molar-refractivity contribution < 1.29 is 18.6 Å². The average Bonchev–Trinajstić information content (AvgIpc) is 3.04. The van der Waals surface area contributed by atoms with Gasteiger partial charge in [0, 0.05) is 55.5 Å². The maximum Gasteiger partial charge on any atom is 0.214 e.